The molecule has 0 rings (SSSR count). The van der Waals surface area contributed by atoms with Crippen LogP contribution < -0.4 is 5.73 Å². The topological polar surface area (TPSA) is 67.8 Å². The lowest BCUT2D eigenvalue weighted by Gasteiger charge is -2.10. The summed E-state index contributed by atoms with van der Waals surface area (Å²) in [5, 5.41) is 11.1. The van der Waals surface area contributed by atoms with E-state index in [0.717, 1.165) is 19.4 Å². The summed E-state index contributed by atoms with van der Waals surface area (Å²) < 4.78 is 5.38. The van der Waals surface area contributed by atoms with Crippen molar-refractivity contribution >= 4 is 5.84 Å². The van der Waals surface area contributed by atoms with Crippen molar-refractivity contribution in [3.05, 3.63) is 0 Å². The van der Waals surface area contributed by atoms with Gasteiger partial charge < -0.3 is 15.7 Å². The fourth-order valence-electron chi connectivity index (χ4n) is 0.823. The Kier molecular flexibility index (Phi) is 6.47. The summed E-state index contributed by atoms with van der Waals surface area (Å²) in [6, 6.07) is 0. The molecule has 3 N–H and O–H groups in total. The number of oxime groups is 1. The maximum Gasteiger partial charge on any atom is 0.141 e. The minimum atomic E-state index is 0.0347. The molecule has 0 heterocycles. The zero-order valence-electron chi connectivity index (χ0n) is 7.79. The van der Waals surface area contributed by atoms with E-state index in [1.165, 1.54) is 0 Å². The van der Waals surface area contributed by atoms with Crippen molar-refractivity contribution in [1.82, 2.24) is 0 Å². The van der Waals surface area contributed by atoms with Gasteiger partial charge in [-0.15, -0.1) is 0 Å². The number of rotatable bonds is 6. The summed E-state index contributed by atoms with van der Waals surface area (Å²) >= 11 is 0. The molecule has 0 amide bonds. The van der Waals surface area contributed by atoms with Gasteiger partial charge in [0, 0.05) is 13.0 Å². The smallest absolute Gasteiger partial charge is 0.141 e. The third-order valence-corrected chi connectivity index (χ3v) is 1.53. The van der Waals surface area contributed by atoms with E-state index in [1.807, 2.05) is 6.92 Å². The van der Waals surface area contributed by atoms with E-state index in [0.29, 0.717) is 6.42 Å². The molecule has 0 radical (unpaired) electrons. The van der Waals surface area contributed by atoms with Gasteiger partial charge in [-0.2, -0.15) is 0 Å². The third-order valence-electron chi connectivity index (χ3n) is 1.53. The van der Waals surface area contributed by atoms with E-state index in [4.69, 9.17) is 15.7 Å². The second-order valence-corrected chi connectivity index (χ2v) is 2.83. The van der Waals surface area contributed by atoms with E-state index in [2.05, 4.69) is 12.1 Å². The predicted octanol–water partition coefficient (Wildman–Crippen LogP) is 1.33. The fourth-order valence-corrected chi connectivity index (χ4v) is 0.823. The van der Waals surface area contributed by atoms with Crippen molar-refractivity contribution in [2.24, 2.45) is 10.9 Å². The summed E-state index contributed by atoms with van der Waals surface area (Å²) in [5.41, 5.74) is 5.30. The van der Waals surface area contributed by atoms with Gasteiger partial charge in [-0.1, -0.05) is 18.5 Å². The number of hydrogen-bond acceptors (Lipinski definition) is 3. The Bertz CT molecular complexity index is 137. The van der Waals surface area contributed by atoms with Crippen LogP contribution in [0.15, 0.2) is 5.16 Å². The Hall–Kier alpha value is -0.770. The first-order valence-electron chi connectivity index (χ1n) is 4.28. The summed E-state index contributed by atoms with van der Waals surface area (Å²) in [6.45, 7) is 4.77. The minimum absolute atomic E-state index is 0.0347. The predicted molar refractivity (Wildman–Crippen MR) is 48.3 cm³/mol. The SMILES string of the molecule is CCCCOC(C)CC(N)=NO. The standard InChI is InChI=1S/C8H18N2O2/c1-3-4-5-12-7(2)6-8(9)10-11/h7,11H,3-6H2,1-2H3,(H2,9,10). The third kappa shape index (κ3) is 5.97. The van der Waals surface area contributed by atoms with Crippen LogP contribution in [0.25, 0.3) is 0 Å². The molecule has 0 aromatic rings. The largest absolute Gasteiger partial charge is 0.409 e. The Balaban J connectivity index is 3.39. The van der Waals surface area contributed by atoms with E-state index < -0.39 is 0 Å². The Labute approximate surface area is 73.4 Å². The summed E-state index contributed by atoms with van der Waals surface area (Å²) in [5.74, 6) is 0.221. The zero-order chi connectivity index (χ0) is 9.40. The van der Waals surface area contributed by atoms with Gasteiger partial charge in [-0.25, -0.2) is 0 Å². The molecule has 0 aliphatic heterocycles. The molecule has 0 aromatic heterocycles. The molecular weight excluding hydrogens is 156 g/mol. The normalized spacial score (nSPS) is 14.7. The van der Waals surface area contributed by atoms with Gasteiger partial charge in [0.1, 0.15) is 5.84 Å². The van der Waals surface area contributed by atoms with Crippen molar-refractivity contribution in [2.75, 3.05) is 6.61 Å². The monoisotopic (exact) mass is 174 g/mol. The Morgan fingerprint density at radius 3 is 2.83 bits per heavy atom. The molecule has 1 atom stereocenters. The molecule has 1 unspecified atom stereocenters. The molecule has 0 aliphatic rings. The average molecular weight is 174 g/mol. The van der Waals surface area contributed by atoms with E-state index >= 15 is 0 Å². The van der Waals surface area contributed by atoms with Crippen LogP contribution in [0.1, 0.15) is 33.1 Å². The molecule has 4 nitrogen and oxygen atoms in total. The van der Waals surface area contributed by atoms with Crippen LogP contribution in [-0.4, -0.2) is 23.8 Å². The molecule has 0 aliphatic carbocycles. The van der Waals surface area contributed by atoms with Gasteiger partial charge in [0.25, 0.3) is 0 Å². The lowest BCUT2D eigenvalue weighted by atomic mass is 10.2. The molecule has 0 fully saturated rings. The number of nitrogens with two attached hydrogens (primary N) is 1. The number of ether oxygens (including phenoxy) is 1. The highest BCUT2D eigenvalue weighted by Gasteiger charge is 2.04. The zero-order valence-corrected chi connectivity index (χ0v) is 7.79. The number of amidine groups is 1. The Morgan fingerprint density at radius 1 is 1.67 bits per heavy atom. The van der Waals surface area contributed by atoms with Crippen molar-refractivity contribution in [1.29, 1.82) is 0 Å². The first-order valence-corrected chi connectivity index (χ1v) is 4.28. The van der Waals surface area contributed by atoms with Crippen LogP contribution in [-0.2, 0) is 4.74 Å². The number of hydrogen-bond donors (Lipinski definition) is 2. The van der Waals surface area contributed by atoms with Crippen LogP contribution in [0.3, 0.4) is 0 Å². The lowest BCUT2D eigenvalue weighted by molar-refractivity contribution is 0.0683. The maximum atomic E-state index is 8.26. The second-order valence-electron chi connectivity index (χ2n) is 2.83. The van der Waals surface area contributed by atoms with Crippen LogP contribution in [0, 0.1) is 0 Å². The molecule has 12 heavy (non-hydrogen) atoms. The van der Waals surface area contributed by atoms with Crippen molar-refractivity contribution in [3.63, 3.8) is 0 Å². The van der Waals surface area contributed by atoms with Crippen LogP contribution in [0.5, 0.6) is 0 Å². The first-order chi connectivity index (χ1) is 5.70. The molecule has 4 heteroatoms. The van der Waals surface area contributed by atoms with Gasteiger partial charge in [0.05, 0.1) is 6.10 Å². The van der Waals surface area contributed by atoms with Crippen LogP contribution >= 0.6 is 0 Å². The van der Waals surface area contributed by atoms with E-state index in [9.17, 15) is 0 Å². The van der Waals surface area contributed by atoms with Crippen molar-refractivity contribution in [2.45, 2.75) is 39.2 Å². The summed E-state index contributed by atoms with van der Waals surface area (Å²) in [6.07, 6.45) is 2.70. The van der Waals surface area contributed by atoms with Gasteiger partial charge in [0.15, 0.2) is 0 Å². The molecule has 0 spiro atoms. The highest BCUT2D eigenvalue weighted by atomic mass is 16.5. The van der Waals surface area contributed by atoms with Crippen molar-refractivity contribution in [3.8, 4) is 0 Å². The van der Waals surface area contributed by atoms with Gasteiger partial charge in [-0.3, -0.25) is 0 Å². The molecule has 0 saturated heterocycles. The molecular formula is C8H18N2O2. The van der Waals surface area contributed by atoms with E-state index in [-0.39, 0.29) is 11.9 Å². The van der Waals surface area contributed by atoms with Gasteiger partial charge in [0.2, 0.25) is 0 Å². The van der Waals surface area contributed by atoms with Crippen LogP contribution in [0.2, 0.25) is 0 Å². The molecule has 72 valence electrons. The highest BCUT2D eigenvalue weighted by molar-refractivity contribution is 5.79. The Morgan fingerprint density at radius 2 is 2.33 bits per heavy atom. The van der Waals surface area contributed by atoms with Gasteiger partial charge in [-0.05, 0) is 13.3 Å². The molecule has 0 bridgehead atoms. The van der Waals surface area contributed by atoms with Crippen molar-refractivity contribution < 1.29 is 9.94 Å². The summed E-state index contributed by atoms with van der Waals surface area (Å²) in [7, 11) is 0. The lowest BCUT2D eigenvalue weighted by Crippen LogP contribution is -2.21. The van der Waals surface area contributed by atoms with Crippen LogP contribution in [0.4, 0.5) is 0 Å². The highest BCUT2D eigenvalue weighted by Crippen LogP contribution is 1.99. The molecule has 0 saturated carbocycles. The summed E-state index contributed by atoms with van der Waals surface area (Å²) in [4.78, 5) is 0. The molecule has 0 aromatic carbocycles. The minimum Gasteiger partial charge on any atom is -0.409 e. The second kappa shape index (κ2) is 6.91. The fraction of sp³-hybridized carbons (Fsp3) is 0.875. The first kappa shape index (κ1) is 11.2. The quantitative estimate of drug-likeness (QED) is 0.210. The van der Waals surface area contributed by atoms with Gasteiger partial charge >= 0.3 is 0 Å². The van der Waals surface area contributed by atoms with E-state index in [1.54, 1.807) is 0 Å². The number of unbranched alkanes of at least 4 members (excludes halogenated alkanes) is 1. The average Bonchev–Trinajstić information content (AvgIpc) is 2.05. The maximum absolute atomic E-state index is 8.26. The number of nitrogens with zero attached hydrogens (tertiary/aromatic N) is 1.